The lowest BCUT2D eigenvalue weighted by molar-refractivity contribution is 0.441. The van der Waals surface area contributed by atoms with Crippen molar-refractivity contribution in [1.82, 2.24) is 9.55 Å². The third kappa shape index (κ3) is 3.01. The lowest BCUT2D eigenvalue weighted by atomic mass is 9.92. The van der Waals surface area contributed by atoms with Crippen molar-refractivity contribution < 1.29 is 12.9 Å². The maximum Gasteiger partial charge on any atom is 0.497 e. The summed E-state index contributed by atoms with van der Waals surface area (Å²) in [5, 5.41) is 0. The third-order valence-electron chi connectivity index (χ3n) is 1.26. The van der Waals surface area contributed by atoms with Crippen LogP contribution in [0.25, 0.3) is 0 Å². The van der Waals surface area contributed by atoms with Gasteiger partial charge in [0, 0.05) is 6.20 Å². The highest BCUT2D eigenvalue weighted by molar-refractivity contribution is 14.1. The minimum absolute atomic E-state index is 0.181. The minimum atomic E-state index is -5.00. The van der Waals surface area contributed by atoms with Crippen molar-refractivity contribution in [3.05, 3.63) is 26.4 Å². The summed E-state index contributed by atoms with van der Waals surface area (Å²) in [6.45, 7) is -5.00. The first-order chi connectivity index (χ1) is 5.90. The van der Waals surface area contributed by atoms with Gasteiger partial charge in [-0.15, -0.1) is 0 Å². The van der Waals surface area contributed by atoms with Gasteiger partial charge in [-0.3, -0.25) is 4.79 Å². The molecular weight excluding hydrogens is 299 g/mol. The number of hydrogen-bond acceptors (Lipinski definition) is 2. The van der Waals surface area contributed by atoms with Crippen molar-refractivity contribution >= 4 is 29.6 Å². The Bertz CT molecular complexity index is 364. The maximum absolute atomic E-state index is 11.9. The minimum Gasteiger partial charge on any atom is -0.448 e. The van der Waals surface area contributed by atoms with Gasteiger partial charge in [0.15, 0.2) is 0 Å². The van der Waals surface area contributed by atoms with Gasteiger partial charge in [-0.05, 0) is 29.0 Å². The SMILES string of the molecule is O=c1c(I)cncn1C[B-](F)(F)F. The van der Waals surface area contributed by atoms with Crippen LogP contribution < -0.4 is 5.56 Å². The van der Waals surface area contributed by atoms with Gasteiger partial charge < -0.3 is 17.5 Å². The molecule has 0 atom stereocenters. The van der Waals surface area contributed by atoms with Gasteiger partial charge in [0.1, 0.15) is 0 Å². The zero-order valence-corrected chi connectivity index (χ0v) is 8.41. The van der Waals surface area contributed by atoms with Crippen molar-refractivity contribution in [3.8, 4) is 0 Å². The maximum atomic E-state index is 11.9. The van der Waals surface area contributed by atoms with Crippen LogP contribution in [-0.2, 0) is 6.44 Å². The molecule has 0 aliphatic rings. The number of hydrogen-bond donors (Lipinski definition) is 0. The van der Waals surface area contributed by atoms with Crippen LogP contribution in [0.5, 0.6) is 0 Å². The van der Waals surface area contributed by atoms with Gasteiger partial charge in [0.05, 0.1) is 9.90 Å². The lowest BCUT2D eigenvalue weighted by Gasteiger charge is -2.14. The van der Waals surface area contributed by atoms with E-state index in [1.54, 1.807) is 22.6 Å². The molecule has 0 spiro atoms. The van der Waals surface area contributed by atoms with Gasteiger partial charge in [0.25, 0.3) is 5.56 Å². The van der Waals surface area contributed by atoms with E-state index < -0.39 is 19.0 Å². The second kappa shape index (κ2) is 3.68. The van der Waals surface area contributed by atoms with Crippen LogP contribution in [0.15, 0.2) is 17.3 Å². The van der Waals surface area contributed by atoms with Crippen molar-refractivity contribution in [3.63, 3.8) is 0 Å². The predicted molar refractivity (Wildman–Crippen MR) is 50.3 cm³/mol. The molecule has 0 saturated heterocycles. The van der Waals surface area contributed by atoms with Crippen molar-refractivity contribution in [2.24, 2.45) is 0 Å². The summed E-state index contributed by atoms with van der Waals surface area (Å²) in [6, 6.07) is 0. The summed E-state index contributed by atoms with van der Waals surface area (Å²) in [5.41, 5.74) is -0.658. The molecule has 3 nitrogen and oxygen atoms in total. The van der Waals surface area contributed by atoms with Crippen LogP contribution in [0.3, 0.4) is 0 Å². The van der Waals surface area contributed by atoms with E-state index >= 15 is 0 Å². The van der Waals surface area contributed by atoms with Crippen LogP contribution in [0, 0.1) is 3.57 Å². The summed E-state index contributed by atoms with van der Waals surface area (Å²) in [7, 11) is 0. The van der Waals surface area contributed by atoms with E-state index in [1.807, 2.05) is 0 Å². The van der Waals surface area contributed by atoms with Gasteiger partial charge in [0.2, 0.25) is 0 Å². The first kappa shape index (κ1) is 10.5. The molecule has 0 aromatic carbocycles. The molecule has 0 amide bonds. The number of halogens is 4. The van der Waals surface area contributed by atoms with E-state index in [1.165, 1.54) is 6.20 Å². The Morgan fingerprint density at radius 2 is 2.15 bits per heavy atom. The normalized spacial score (nSPS) is 11.7. The molecule has 1 aromatic heterocycles. The van der Waals surface area contributed by atoms with Crippen molar-refractivity contribution in [2.75, 3.05) is 0 Å². The summed E-state index contributed by atoms with van der Waals surface area (Å²) < 4.78 is 36.5. The average Bonchev–Trinajstić information content (AvgIpc) is 1.96. The highest BCUT2D eigenvalue weighted by atomic mass is 127. The monoisotopic (exact) mass is 303 g/mol. The van der Waals surface area contributed by atoms with Crippen molar-refractivity contribution in [1.29, 1.82) is 0 Å². The Hall–Kier alpha value is -0.535. The second-order valence-corrected chi connectivity index (χ2v) is 3.57. The van der Waals surface area contributed by atoms with E-state index in [9.17, 15) is 17.7 Å². The smallest absolute Gasteiger partial charge is 0.448 e. The van der Waals surface area contributed by atoms with Crippen LogP contribution in [-0.4, -0.2) is 16.5 Å². The molecule has 1 rings (SSSR count). The van der Waals surface area contributed by atoms with Crippen LogP contribution in [0.1, 0.15) is 0 Å². The summed E-state index contributed by atoms with van der Waals surface area (Å²) in [6.07, 6.45) is 0.880. The topological polar surface area (TPSA) is 34.9 Å². The first-order valence-electron chi connectivity index (χ1n) is 3.31. The van der Waals surface area contributed by atoms with E-state index in [4.69, 9.17) is 0 Å². The molecule has 0 saturated carbocycles. The second-order valence-electron chi connectivity index (χ2n) is 2.41. The average molecular weight is 303 g/mol. The summed E-state index contributed by atoms with van der Waals surface area (Å²) in [5.74, 6) is 0. The number of rotatable bonds is 2. The molecule has 0 N–H and O–H groups in total. The highest BCUT2D eigenvalue weighted by Crippen LogP contribution is 2.09. The highest BCUT2D eigenvalue weighted by Gasteiger charge is 2.24. The first-order valence-corrected chi connectivity index (χ1v) is 4.39. The number of nitrogens with zero attached hydrogens (tertiary/aromatic N) is 2. The van der Waals surface area contributed by atoms with Crippen LogP contribution in [0.4, 0.5) is 12.9 Å². The van der Waals surface area contributed by atoms with Gasteiger partial charge >= 0.3 is 6.98 Å². The van der Waals surface area contributed by atoms with Crippen molar-refractivity contribution in [2.45, 2.75) is 6.44 Å². The van der Waals surface area contributed by atoms with Crippen LogP contribution in [0.2, 0.25) is 0 Å². The molecule has 0 radical (unpaired) electrons. The third-order valence-corrected chi connectivity index (χ3v) is 2.00. The van der Waals surface area contributed by atoms with E-state index in [0.717, 1.165) is 6.33 Å². The molecule has 72 valence electrons. The Labute approximate surface area is 85.2 Å². The zero-order valence-electron chi connectivity index (χ0n) is 6.25. The van der Waals surface area contributed by atoms with E-state index in [2.05, 4.69) is 4.98 Å². The molecule has 1 aromatic rings. The number of aromatic nitrogens is 2. The Kier molecular flexibility index (Phi) is 2.99. The molecule has 0 unspecified atom stereocenters. The Morgan fingerprint density at radius 1 is 1.54 bits per heavy atom. The molecule has 0 bridgehead atoms. The fourth-order valence-electron chi connectivity index (χ4n) is 0.777. The predicted octanol–water partition coefficient (Wildman–Crippen LogP) is 1.23. The standard InChI is InChI=1S/C5H4BF3IN2O/c7-6(8,9)2-12-3-11-1-4(10)5(12)13/h1,3H,2H2/q-1. The Morgan fingerprint density at radius 3 is 2.69 bits per heavy atom. The Balaban J connectivity index is 3.03. The van der Waals surface area contributed by atoms with E-state index in [-0.39, 0.29) is 3.57 Å². The molecule has 13 heavy (non-hydrogen) atoms. The molecule has 8 heteroatoms. The van der Waals surface area contributed by atoms with Gasteiger partial charge in [-0.25, -0.2) is 4.98 Å². The lowest BCUT2D eigenvalue weighted by Crippen LogP contribution is -2.32. The van der Waals surface area contributed by atoms with Gasteiger partial charge in [-0.1, -0.05) is 0 Å². The molecule has 1 heterocycles. The fourth-order valence-corrected chi connectivity index (χ4v) is 1.25. The quantitative estimate of drug-likeness (QED) is 0.608. The molecule has 0 aliphatic heterocycles. The zero-order chi connectivity index (χ0) is 10.1. The summed E-state index contributed by atoms with van der Waals surface area (Å²) in [4.78, 5) is 14.6. The van der Waals surface area contributed by atoms with E-state index in [0.29, 0.717) is 4.57 Å². The summed E-state index contributed by atoms with van der Waals surface area (Å²) >= 11 is 1.65. The fraction of sp³-hybridized carbons (Fsp3) is 0.200. The largest absolute Gasteiger partial charge is 0.497 e. The van der Waals surface area contributed by atoms with Gasteiger partial charge in [-0.2, -0.15) is 0 Å². The molecule has 0 fully saturated rings. The molecule has 0 aliphatic carbocycles. The van der Waals surface area contributed by atoms with Crippen LogP contribution >= 0.6 is 22.6 Å². The molecular formula is C5H4BF3IN2O-.